The number of aromatic amines is 1. The fourth-order valence-electron chi connectivity index (χ4n) is 4.79. The van der Waals surface area contributed by atoms with Gasteiger partial charge in [0.1, 0.15) is 6.61 Å². The predicted octanol–water partition coefficient (Wildman–Crippen LogP) is 5.61. The monoisotopic (exact) mass is 494 g/mol. The highest BCUT2D eigenvalue weighted by Gasteiger charge is 2.36. The largest absolute Gasteiger partial charge is 0.461 e. The van der Waals surface area contributed by atoms with Crippen molar-refractivity contribution in [2.75, 3.05) is 0 Å². The van der Waals surface area contributed by atoms with Crippen LogP contribution in [0.4, 0.5) is 13.2 Å². The normalized spacial score (nSPS) is 15.6. The maximum absolute atomic E-state index is 14.0. The molecule has 1 fully saturated rings. The Labute approximate surface area is 195 Å². The minimum Gasteiger partial charge on any atom is -0.461 e. The van der Waals surface area contributed by atoms with E-state index in [1.54, 1.807) is 24.3 Å². The van der Waals surface area contributed by atoms with Crippen molar-refractivity contribution in [3.8, 4) is 11.3 Å². The summed E-state index contributed by atoms with van der Waals surface area (Å²) in [6.07, 6.45) is -1.000. The Morgan fingerprint density at radius 2 is 1.82 bits per heavy atom. The molecule has 0 radical (unpaired) electrons. The average Bonchev–Trinajstić information content (AvgIpc) is 3.14. The van der Waals surface area contributed by atoms with Crippen LogP contribution in [-0.2, 0) is 32.3 Å². The summed E-state index contributed by atoms with van der Waals surface area (Å²) in [7, 11) is -4.40. The molecule has 1 aliphatic rings. The minimum atomic E-state index is -4.70. The van der Waals surface area contributed by atoms with Gasteiger partial charge >= 0.3 is 12.1 Å². The summed E-state index contributed by atoms with van der Waals surface area (Å²) in [6.45, 7) is 0.976. The van der Waals surface area contributed by atoms with Gasteiger partial charge in [-0.05, 0) is 42.5 Å². The van der Waals surface area contributed by atoms with Crippen LogP contribution in [0.25, 0.3) is 22.2 Å². The Hall–Kier alpha value is -2.85. The number of fused-ring (bicyclic) bond motifs is 1. The molecular weight excluding hydrogens is 469 g/mol. The summed E-state index contributed by atoms with van der Waals surface area (Å²) in [5.74, 6) is -0.931. The first-order chi connectivity index (χ1) is 16.0. The Kier molecular flexibility index (Phi) is 6.48. The standard InChI is InChI=1S/C24H25F3N2O4S/c1-14(30)33-13-20-17-9-5-6-10-21(17)29-22(20)19-12-16(24(25,26)27)11-18(23(19)34(28,31)32)15-7-3-2-4-8-15/h5-6,9-12,15,29H,2-4,7-8,13H2,1H3,(H2,28,31,32). The molecule has 0 atom stereocenters. The number of halogens is 3. The lowest BCUT2D eigenvalue weighted by molar-refractivity contribution is -0.142. The van der Waals surface area contributed by atoms with Crippen LogP contribution < -0.4 is 5.14 Å². The van der Waals surface area contributed by atoms with Crippen LogP contribution in [0.3, 0.4) is 0 Å². The summed E-state index contributed by atoms with van der Waals surface area (Å²) in [4.78, 5) is 14.2. The molecule has 1 heterocycles. The first-order valence-electron chi connectivity index (χ1n) is 11.0. The number of carbonyl (C=O) groups is 1. The molecule has 2 aromatic carbocycles. The summed E-state index contributed by atoms with van der Waals surface area (Å²) < 4.78 is 72.7. The number of nitrogens with two attached hydrogens (primary N) is 1. The third-order valence-corrected chi connectivity index (χ3v) is 7.30. The maximum atomic E-state index is 14.0. The number of nitrogens with one attached hydrogen (secondary N) is 1. The van der Waals surface area contributed by atoms with Gasteiger partial charge in [-0.2, -0.15) is 13.2 Å². The van der Waals surface area contributed by atoms with Crippen molar-refractivity contribution in [2.24, 2.45) is 5.14 Å². The second-order valence-corrected chi connectivity index (χ2v) is 10.1. The summed E-state index contributed by atoms with van der Waals surface area (Å²) in [5.41, 5.74) is 0.0452. The highest BCUT2D eigenvalue weighted by Crippen LogP contribution is 2.45. The van der Waals surface area contributed by atoms with E-state index in [9.17, 15) is 26.4 Å². The van der Waals surface area contributed by atoms with Crippen LogP contribution in [0.15, 0.2) is 41.3 Å². The number of sulfonamides is 1. The molecule has 1 aromatic heterocycles. The molecule has 0 unspecified atom stereocenters. The predicted molar refractivity (Wildman–Crippen MR) is 121 cm³/mol. The summed E-state index contributed by atoms with van der Waals surface area (Å²) in [6, 6.07) is 8.64. The first kappa shape index (κ1) is 24.3. The Morgan fingerprint density at radius 3 is 2.44 bits per heavy atom. The lowest BCUT2D eigenvalue weighted by Gasteiger charge is -2.26. The van der Waals surface area contributed by atoms with E-state index in [2.05, 4.69) is 4.98 Å². The summed E-state index contributed by atoms with van der Waals surface area (Å²) >= 11 is 0. The van der Waals surface area contributed by atoms with Crippen molar-refractivity contribution < 1.29 is 31.1 Å². The smallest absolute Gasteiger partial charge is 0.416 e. The van der Waals surface area contributed by atoms with Gasteiger partial charge in [0.05, 0.1) is 16.2 Å². The van der Waals surface area contributed by atoms with E-state index in [0.29, 0.717) is 29.3 Å². The third-order valence-electron chi connectivity index (χ3n) is 6.28. The van der Waals surface area contributed by atoms with Crippen LogP contribution in [0.2, 0.25) is 0 Å². The zero-order valence-electron chi connectivity index (χ0n) is 18.5. The van der Waals surface area contributed by atoms with E-state index in [0.717, 1.165) is 31.4 Å². The molecule has 0 spiro atoms. The third kappa shape index (κ3) is 4.83. The van der Waals surface area contributed by atoms with Gasteiger partial charge in [-0.3, -0.25) is 4.79 Å². The van der Waals surface area contributed by atoms with Crippen LogP contribution in [0.5, 0.6) is 0 Å². The number of hydrogen-bond acceptors (Lipinski definition) is 4. The van der Waals surface area contributed by atoms with E-state index in [4.69, 9.17) is 9.88 Å². The molecular formula is C24H25F3N2O4S. The molecule has 0 saturated heterocycles. The van der Waals surface area contributed by atoms with E-state index in [1.807, 2.05) is 0 Å². The molecule has 34 heavy (non-hydrogen) atoms. The molecule has 1 saturated carbocycles. The number of para-hydroxylation sites is 1. The average molecular weight is 495 g/mol. The number of benzene rings is 2. The molecule has 10 heteroatoms. The van der Waals surface area contributed by atoms with E-state index in [1.165, 1.54) is 6.92 Å². The molecule has 0 bridgehead atoms. The zero-order chi connectivity index (χ0) is 24.7. The molecule has 4 rings (SSSR count). The van der Waals surface area contributed by atoms with Crippen LogP contribution in [-0.4, -0.2) is 19.4 Å². The molecule has 0 aliphatic heterocycles. The van der Waals surface area contributed by atoms with Gasteiger partial charge in [-0.25, -0.2) is 13.6 Å². The van der Waals surface area contributed by atoms with Gasteiger partial charge in [0.15, 0.2) is 0 Å². The summed E-state index contributed by atoms with van der Waals surface area (Å²) in [5, 5.41) is 6.23. The number of rotatable bonds is 5. The van der Waals surface area contributed by atoms with Gasteiger partial charge < -0.3 is 9.72 Å². The number of alkyl halides is 3. The van der Waals surface area contributed by atoms with Gasteiger partial charge in [0.2, 0.25) is 10.0 Å². The fraction of sp³-hybridized carbons (Fsp3) is 0.375. The van der Waals surface area contributed by atoms with Crippen molar-refractivity contribution >= 4 is 26.9 Å². The van der Waals surface area contributed by atoms with Gasteiger partial charge in [0.25, 0.3) is 0 Å². The van der Waals surface area contributed by atoms with Gasteiger partial charge in [-0.1, -0.05) is 37.5 Å². The topological polar surface area (TPSA) is 102 Å². The molecule has 3 N–H and O–H groups in total. The molecule has 1 aliphatic carbocycles. The van der Waals surface area contributed by atoms with Crippen molar-refractivity contribution in [1.82, 2.24) is 4.98 Å². The Morgan fingerprint density at radius 1 is 1.15 bits per heavy atom. The van der Waals surface area contributed by atoms with Gasteiger partial charge in [0, 0.05) is 29.0 Å². The molecule has 6 nitrogen and oxygen atoms in total. The first-order valence-corrected chi connectivity index (χ1v) is 12.5. The number of hydrogen-bond donors (Lipinski definition) is 2. The lowest BCUT2D eigenvalue weighted by atomic mass is 9.82. The number of H-pyrrole nitrogens is 1. The second-order valence-electron chi connectivity index (χ2n) is 8.62. The molecule has 3 aromatic rings. The number of esters is 1. The minimum absolute atomic E-state index is 0.0871. The number of ether oxygens (including phenoxy) is 1. The highest BCUT2D eigenvalue weighted by molar-refractivity contribution is 7.89. The maximum Gasteiger partial charge on any atom is 0.416 e. The van der Waals surface area contributed by atoms with E-state index >= 15 is 0 Å². The number of carbonyl (C=O) groups excluding carboxylic acids is 1. The van der Waals surface area contributed by atoms with Crippen molar-refractivity contribution in [1.29, 1.82) is 0 Å². The van der Waals surface area contributed by atoms with E-state index in [-0.39, 0.29) is 34.2 Å². The van der Waals surface area contributed by atoms with Crippen LogP contribution in [0.1, 0.15) is 61.6 Å². The molecule has 0 amide bonds. The van der Waals surface area contributed by atoms with Crippen molar-refractivity contribution in [3.63, 3.8) is 0 Å². The lowest BCUT2D eigenvalue weighted by Crippen LogP contribution is -2.20. The van der Waals surface area contributed by atoms with E-state index < -0.39 is 27.7 Å². The number of aromatic nitrogens is 1. The van der Waals surface area contributed by atoms with Crippen LogP contribution >= 0.6 is 0 Å². The Balaban J connectivity index is 2.07. The quantitative estimate of drug-likeness (QED) is 0.450. The van der Waals surface area contributed by atoms with Crippen molar-refractivity contribution in [3.05, 3.63) is 53.1 Å². The zero-order valence-corrected chi connectivity index (χ0v) is 19.4. The molecule has 182 valence electrons. The van der Waals surface area contributed by atoms with Crippen molar-refractivity contribution in [2.45, 2.75) is 62.6 Å². The highest BCUT2D eigenvalue weighted by atomic mass is 32.2. The Bertz CT molecular complexity index is 1340. The number of primary sulfonamides is 1. The van der Waals surface area contributed by atoms with Crippen LogP contribution in [0, 0.1) is 0 Å². The fourth-order valence-corrected chi connectivity index (χ4v) is 5.81. The van der Waals surface area contributed by atoms with Gasteiger partial charge in [-0.15, -0.1) is 0 Å². The second kappa shape index (κ2) is 9.07. The SMILES string of the molecule is CC(=O)OCc1c(-c2cc(C(F)(F)F)cc(C3CCCCC3)c2S(N)(=O)=O)[nH]c2ccccc12.